The van der Waals surface area contributed by atoms with Crippen LogP contribution in [0.15, 0.2) is 60.7 Å². The van der Waals surface area contributed by atoms with Crippen LogP contribution in [0.1, 0.15) is 21.7 Å². The summed E-state index contributed by atoms with van der Waals surface area (Å²) in [4.78, 5) is 19.2. The molecule has 4 heteroatoms. The normalized spacial score (nSPS) is 11.2. The van der Waals surface area contributed by atoms with Crippen molar-refractivity contribution in [1.82, 2.24) is 9.97 Å². The molecule has 0 radical (unpaired) electrons. The monoisotopic (exact) mass is 316 g/mol. The lowest BCUT2D eigenvalue weighted by Gasteiger charge is -2.05. The molecule has 0 unspecified atom stereocenters. The first-order valence-corrected chi connectivity index (χ1v) is 7.90. The molecular weight excluding hydrogens is 300 g/mol. The Bertz CT molecular complexity index is 1040. The molecule has 0 saturated carbocycles. The van der Waals surface area contributed by atoms with E-state index in [4.69, 9.17) is 0 Å². The third-order valence-electron chi connectivity index (χ3n) is 4.28. The minimum atomic E-state index is -0.997. The molecule has 4 aromatic rings. The highest BCUT2D eigenvalue weighted by atomic mass is 16.4. The van der Waals surface area contributed by atoms with E-state index in [-0.39, 0.29) is 5.69 Å². The molecule has 2 aromatic heterocycles. The summed E-state index contributed by atoms with van der Waals surface area (Å²) in [7, 11) is 0. The number of nitrogens with one attached hydrogen (secondary N) is 1. The van der Waals surface area contributed by atoms with E-state index in [2.05, 4.69) is 22.1 Å². The average Bonchev–Trinajstić information content (AvgIpc) is 2.99. The van der Waals surface area contributed by atoms with Crippen molar-refractivity contribution in [2.45, 2.75) is 12.8 Å². The number of aromatic amines is 1. The molecule has 118 valence electrons. The standard InChI is InChI=1S/C20H16N2O2/c23-20(24)18-12-15-14-8-4-5-9-16(14)22-19(15)17(21-18)11-10-13-6-2-1-3-7-13/h1-9,12,22H,10-11H2,(H,23,24). The fourth-order valence-corrected chi connectivity index (χ4v) is 3.11. The number of aromatic carboxylic acids is 1. The molecular formula is C20H16N2O2. The molecule has 4 rings (SSSR count). The van der Waals surface area contributed by atoms with Gasteiger partial charge in [-0.3, -0.25) is 0 Å². The number of benzene rings is 2. The minimum absolute atomic E-state index is 0.0929. The number of para-hydroxylation sites is 1. The smallest absolute Gasteiger partial charge is 0.354 e. The number of aryl methyl sites for hydroxylation is 2. The molecule has 2 aromatic carbocycles. The van der Waals surface area contributed by atoms with Crippen LogP contribution in [-0.4, -0.2) is 21.0 Å². The number of fused-ring (bicyclic) bond motifs is 3. The van der Waals surface area contributed by atoms with Gasteiger partial charge in [0.25, 0.3) is 0 Å². The Morgan fingerprint density at radius 2 is 1.71 bits per heavy atom. The molecule has 0 aliphatic rings. The Morgan fingerprint density at radius 1 is 0.958 bits per heavy atom. The van der Waals surface area contributed by atoms with E-state index in [0.29, 0.717) is 6.42 Å². The number of rotatable bonds is 4. The van der Waals surface area contributed by atoms with Gasteiger partial charge in [-0.25, -0.2) is 9.78 Å². The number of hydrogen-bond donors (Lipinski definition) is 2. The number of H-pyrrole nitrogens is 1. The van der Waals surface area contributed by atoms with Crippen molar-refractivity contribution in [3.63, 3.8) is 0 Å². The Morgan fingerprint density at radius 3 is 2.50 bits per heavy atom. The summed E-state index contributed by atoms with van der Waals surface area (Å²) in [6.45, 7) is 0. The van der Waals surface area contributed by atoms with Gasteiger partial charge < -0.3 is 10.1 Å². The van der Waals surface area contributed by atoms with E-state index in [9.17, 15) is 9.90 Å². The van der Waals surface area contributed by atoms with Gasteiger partial charge in [0.2, 0.25) is 0 Å². The second kappa shape index (κ2) is 5.81. The van der Waals surface area contributed by atoms with E-state index in [1.54, 1.807) is 6.07 Å². The van der Waals surface area contributed by atoms with Gasteiger partial charge in [0.05, 0.1) is 11.2 Å². The van der Waals surface area contributed by atoms with Crippen molar-refractivity contribution >= 4 is 27.8 Å². The van der Waals surface area contributed by atoms with Crippen LogP contribution in [0.25, 0.3) is 21.8 Å². The first kappa shape index (κ1) is 14.5. The second-order valence-corrected chi connectivity index (χ2v) is 5.84. The molecule has 0 saturated heterocycles. The lowest BCUT2D eigenvalue weighted by Crippen LogP contribution is -2.04. The van der Waals surface area contributed by atoms with E-state index in [1.165, 1.54) is 5.56 Å². The molecule has 4 nitrogen and oxygen atoms in total. The number of carbonyl (C=O) groups is 1. The van der Waals surface area contributed by atoms with Crippen LogP contribution in [0.4, 0.5) is 0 Å². The van der Waals surface area contributed by atoms with Crippen LogP contribution in [0.3, 0.4) is 0 Å². The fraction of sp³-hybridized carbons (Fsp3) is 0.100. The van der Waals surface area contributed by atoms with Gasteiger partial charge in [0, 0.05) is 16.3 Å². The highest BCUT2D eigenvalue weighted by Gasteiger charge is 2.15. The van der Waals surface area contributed by atoms with Crippen molar-refractivity contribution in [2.75, 3.05) is 0 Å². The summed E-state index contributed by atoms with van der Waals surface area (Å²) in [6.07, 6.45) is 1.51. The largest absolute Gasteiger partial charge is 0.477 e. The number of pyridine rings is 1. The van der Waals surface area contributed by atoms with Gasteiger partial charge in [0.15, 0.2) is 0 Å². The van der Waals surface area contributed by atoms with Gasteiger partial charge in [-0.2, -0.15) is 0 Å². The Labute approximate surface area is 138 Å². The van der Waals surface area contributed by atoms with Crippen molar-refractivity contribution in [3.05, 3.63) is 77.6 Å². The SMILES string of the molecule is O=C(O)c1cc2c([nH]c3ccccc32)c(CCc2ccccc2)n1. The number of hydrogen-bond acceptors (Lipinski definition) is 2. The third kappa shape index (κ3) is 2.52. The fourth-order valence-electron chi connectivity index (χ4n) is 3.11. The van der Waals surface area contributed by atoms with Gasteiger partial charge >= 0.3 is 5.97 Å². The van der Waals surface area contributed by atoms with Crippen LogP contribution in [0, 0.1) is 0 Å². The van der Waals surface area contributed by atoms with Gasteiger partial charge in [-0.05, 0) is 30.5 Å². The molecule has 0 spiro atoms. The Hall–Kier alpha value is -3.14. The van der Waals surface area contributed by atoms with Crippen LogP contribution in [-0.2, 0) is 12.8 Å². The molecule has 0 fully saturated rings. The summed E-state index contributed by atoms with van der Waals surface area (Å²) in [6, 6.07) is 19.7. The van der Waals surface area contributed by atoms with Crippen LogP contribution >= 0.6 is 0 Å². The summed E-state index contributed by atoms with van der Waals surface area (Å²) < 4.78 is 0. The van der Waals surface area contributed by atoms with Crippen LogP contribution in [0.5, 0.6) is 0 Å². The van der Waals surface area contributed by atoms with E-state index < -0.39 is 5.97 Å². The lowest BCUT2D eigenvalue weighted by molar-refractivity contribution is 0.0690. The van der Waals surface area contributed by atoms with Gasteiger partial charge in [0.1, 0.15) is 5.69 Å². The van der Waals surface area contributed by atoms with E-state index in [1.807, 2.05) is 42.5 Å². The van der Waals surface area contributed by atoms with Crippen LogP contribution < -0.4 is 0 Å². The van der Waals surface area contributed by atoms with Crippen molar-refractivity contribution in [3.8, 4) is 0 Å². The summed E-state index contributed by atoms with van der Waals surface area (Å²) >= 11 is 0. The maximum absolute atomic E-state index is 11.5. The first-order valence-electron chi connectivity index (χ1n) is 7.90. The Balaban J connectivity index is 1.84. The first-order chi connectivity index (χ1) is 11.7. The zero-order valence-corrected chi connectivity index (χ0v) is 13.0. The molecule has 2 N–H and O–H groups in total. The van der Waals surface area contributed by atoms with E-state index in [0.717, 1.165) is 33.9 Å². The summed E-state index contributed by atoms with van der Waals surface area (Å²) in [5.41, 5.74) is 4.03. The predicted octanol–water partition coefficient (Wildman–Crippen LogP) is 4.20. The molecule has 0 bridgehead atoms. The highest BCUT2D eigenvalue weighted by Crippen LogP contribution is 2.28. The lowest BCUT2D eigenvalue weighted by atomic mass is 10.1. The maximum Gasteiger partial charge on any atom is 0.354 e. The summed E-state index contributed by atoms with van der Waals surface area (Å²) in [5.74, 6) is -0.997. The molecule has 2 heterocycles. The Kier molecular flexibility index (Phi) is 3.50. The number of nitrogens with zero attached hydrogens (tertiary/aromatic N) is 1. The molecule has 0 atom stereocenters. The predicted molar refractivity (Wildman–Crippen MR) is 94.4 cm³/mol. The second-order valence-electron chi connectivity index (χ2n) is 5.84. The number of carboxylic acid groups (broad SMARTS) is 1. The maximum atomic E-state index is 11.5. The average molecular weight is 316 g/mol. The van der Waals surface area contributed by atoms with Crippen molar-refractivity contribution < 1.29 is 9.90 Å². The summed E-state index contributed by atoms with van der Waals surface area (Å²) in [5, 5.41) is 11.3. The molecule has 0 aliphatic carbocycles. The quantitative estimate of drug-likeness (QED) is 0.593. The van der Waals surface area contributed by atoms with Crippen molar-refractivity contribution in [1.29, 1.82) is 0 Å². The zero-order valence-electron chi connectivity index (χ0n) is 13.0. The molecule has 0 aliphatic heterocycles. The zero-order chi connectivity index (χ0) is 16.5. The topological polar surface area (TPSA) is 66.0 Å². The van der Waals surface area contributed by atoms with Crippen molar-refractivity contribution in [2.24, 2.45) is 0 Å². The van der Waals surface area contributed by atoms with Gasteiger partial charge in [-0.1, -0.05) is 48.5 Å². The van der Waals surface area contributed by atoms with E-state index >= 15 is 0 Å². The third-order valence-corrected chi connectivity index (χ3v) is 4.28. The van der Waals surface area contributed by atoms with Crippen LogP contribution in [0.2, 0.25) is 0 Å². The number of carboxylic acids is 1. The molecule has 24 heavy (non-hydrogen) atoms. The molecule has 0 amide bonds. The highest BCUT2D eigenvalue weighted by molar-refractivity contribution is 6.09. The van der Waals surface area contributed by atoms with Gasteiger partial charge in [-0.15, -0.1) is 0 Å². The minimum Gasteiger partial charge on any atom is -0.477 e. The number of aromatic nitrogens is 2.